The van der Waals surface area contributed by atoms with Crippen LogP contribution in [-0.2, 0) is 19.1 Å². The van der Waals surface area contributed by atoms with Gasteiger partial charge in [-0.25, -0.2) is 4.79 Å². The SMILES string of the molecule is CC[C@H](C)O[C@H](CC)[C@H](O)[C@@]12NC(=O)[C@H](CCCl)[C@]1(C)OC2=O. The highest BCUT2D eigenvalue weighted by atomic mass is 35.5. The molecule has 2 N–H and O–H groups in total. The Hall–Kier alpha value is -0.850. The highest BCUT2D eigenvalue weighted by Gasteiger charge is 2.79. The molecule has 0 radical (unpaired) electrons. The second kappa shape index (κ2) is 6.57. The summed E-state index contributed by atoms with van der Waals surface area (Å²) in [4.78, 5) is 24.6. The molecule has 2 fully saturated rings. The van der Waals surface area contributed by atoms with Crippen molar-refractivity contribution in [3.8, 4) is 0 Å². The van der Waals surface area contributed by atoms with Crippen LogP contribution in [0.3, 0.4) is 0 Å². The molecule has 0 unspecified atom stereocenters. The number of nitrogens with one attached hydrogen (secondary N) is 1. The number of aliphatic hydroxyl groups is 1. The summed E-state index contributed by atoms with van der Waals surface area (Å²) in [6.07, 6.45) is -0.0891. The van der Waals surface area contributed by atoms with Gasteiger partial charge >= 0.3 is 5.97 Å². The second-order valence-corrected chi connectivity index (χ2v) is 6.95. The van der Waals surface area contributed by atoms with Crippen molar-refractivity contribution in [2.45, 2.75) is 76.4 Å². The van der Waals surface area contributed by atoms with Crippen LogP contribution in [0.4, 0.5) is 0 Å². The Kier molecular flexibility index (Phi) is 5.28. The minimum Gasteiger partial charge on any atom is -0.453 e. The molecule has 0 saturated carbocycles. The van der Waals surface area contributed by atoms with Crippen LogP contribution >= 0.6 is 11.6 Å². The number of alkyl halides is 1. The smallest absolute Gasteiger partial charge is 0.339 e. The summed E-state index contributed by atoms with van der Waals surface area (Å²) < 4.78 is 11.2. The van der Waals surface area contributed by atoms with E-state index in [1.165, 1.54) is 0 Å². The van der Waals surface area contributed by atoms with Gasteiger partial charge in [-0.05, 0) is 33.1 Å². The number of halogens is 1. The standard InChI is InChI=1S/C16H26ClNO5/c1-5-9(3)22-11(6-2)12(19)16-14(21)23-15(16,4)10(7-8-17)13(20)18-16/h9-12,19H,5-8H2,1-4H3,(H,18,20)/t9-,10-,11+,12-,15-,16-/m0/s1. The van der Waals surface area contributed by atoms with Gasteiger partial charge in [0.05, 0.1) is 18.1 Å². The van der Waals surface area contributed by atoms with Crippen molar-refractivity contribution >= 4 is 23.5 Å². The fourth-order valence-corrected chi connectivity index (χ4v) is 3.85. The first-order valence-corrected chi connectivity index (χ1v) is 8.76. The topological polar surface area (TPSA) is 84.9 Å². The van der Waals surface area contributed by atoms with Gasteiger partial charge in [0.15, 0.2) is 5.60 Å². The number of amides is 1. The Balaban J connectivity index is 2.31. The van der Waals surface area contributed by atoms with Crippen molar-refractivity contribution in [3.05, 3.63) is 0 Å². The fourth-order valence-electron chi connectivity index (χ4n) is 3.63. The number of ether oxygens (including phenoxy) is 2. The van der Waals surface area contributed by atoms with Crippen LogP contribution in [0.25, 0.3) is 0 Å². The van der Waals surface area contributed by atoms with Gasteiger partial charge in [-0.1, -0.05) is 13.8 Å². The maximum absolute atomic E-state index is 12.3. The molecule has 0 aliphatic carbocycles. The molecule has 2 aliphatic heterocycles. The predicted molar refractivity (Wildman–Crippen MR) is 85.1 cm³/mol. The average Bonchev–Trinajstić information content (AvgIpc) is 2.69. The first-order valence-electron chi connectivity index (χ1n) is 8.23. The van der Waals surface area contributed by atoms with E-state index < -0.39 is 35.2 Å². The Morgan fingerprint density at radius 1 is 1.39 bits per heavy atom. The van der Waals surface area contributed by atoms with E-state index in [1.807, 2.05) is 20.8 Å². The first kappa shape index (κ1) is 18.5. The molecule has 0 bridgehead atoms. The highest BCUT2D eigenvalue weighted by molar-refractivity contribution is 6.18. The van der Waals surface area contributed by atoms with E-state index in [-0.39, 0.29) is 17.9 Å². The van der Waals surface area contributed by atoms with Crippen LogP contribution in [0.5, 0.6) is 0 Å². The van der Waals surface area contributed by atoms with Crippen molar-refractivity contribution in [2.75, 3.05) is 5.88 Å². The van der Waals surface area contributed by atoms with Crippen molar-refractivity contribution in [2.24, 2.45) is 5.92 Å². The number of carbonyl (C=O) groups excluding carboxylic acids is 2. The molecule has 0 aromatic heterocycles. The van der Waals surface area contributed by atoms with Gasteiger partial charge in [-0.15, -0.1) is 11.6 Å². The van der Waals surface area contributed by atoms with Crippen molar-refractivity contribution in [1.29, 1.82) is 0 Å². The number of fused-ring (bicyclic) bond motifs is 1. The molecular formula is C16H26ClNO5. The zero-order valence-corrected chi connectivity index (χ0v) is 14.9. The number of aliphatic hydroxyl groups excluding tert-OH is 1. The average molecular weight is 348 g/mol. The predicted octanol–water partition coefficient (Wildman–Crippen LogP) is 1.37. The molecular weight excluding hydrogens is 322 g/mol. The Morgan fingerprint density at radius 2 is 2.04 bits per heavy atom. The van der Waals surface area contributed by atoms with Gasteiger partial charge in [0.25, 0.3) is 0 Å². The maximum atomic E-state index is 12.3. The molecule has 2 saturated heterocycles. The molecule has 1 amide bonds. The summed E-state index contributed by atoms with van der Waals surface area (Å²) in [6, 6.07) is 0. The van der Waals surface area contributed by atoms with Crippen molar-refractivity contribution in [3.63, 3.8) is 0 Å². The fraction of sp³-hybridized carbons (Fsp3) is 0.875. The lowest BCUT2D eigenvalue weighted by Gasteiger charge is -2.54. The van der Waals surface area contributed by atoms with E-state index in [0.717, 1.165) is 6.42 Å². The van der Waals surface area contributed by atoms with E-state index in [4.69, 9.17) is 21.1 Å². The van der Waals surface area contributed by atoms with Crippen molar-refractivity contribution < 1.29 is 24.2 Å². The van der Waals surface area contributed by atoms with Crippen LogP contribution in [-0.4, -0.2) is 52.3 Å². The minimum absolute atomic E-state index is 0.0518. The number of rotatable bonds is 8. The normalized spacial score (nSPS) is 36.5. The number of esters is 1. The molecule has 0 spiro atoms. The summed E-state index contributed by atoms with van der Waals surface area (Å²) in [5.41, 5.74) is -2.54. The zero-order chi connectivity index (χ0) is 17.4. The van der Waals surface area contributed by atoms with Crippen LogP contribution in [0.15, 0.2) is 0 Å². The number of carbonyl (C=O) groups is 2. The molecule has 132 valence electrons. The molecule has 2 heterocycles. The lowest BCUT2D eigenvalue weighted by atomic mass is 9.66. The van der Waals surface area contributed by atoms with Crippen LogP contribution in [0.2, 0.25) is 0 Å². The van der Waals surface area contributed by atoms with Gasteiger partial charge in [0, 0.05) is 5.88 Å². The zero-order valence-electron chi connectivity index (χ0n) is 14.1. The summed E-state index contributed by atoms with van der Waals surface area (Å²) in [7, 11) is 0. The van der Waals surface area contributed by atoms with E-state index in [0.29, 0.717) is 12.8 Å². The second-order valence-electron chi connectivity index (χ2n) is 6.57. The molecule has 0 aromatic carbocycles. The van der Waals surface area contributed by atoms with E-state index in [2.05, 4.69) is 5.32 Å². The third-order valence-electron chi connectivity index (χ3n) is 5.29. The summed E-state index contributed by atoms with van der Waals surface area (Å²) >= 11 is 5.78. The molecule has 0 aromatic rings. The van der Waals surface area contributed by atoms with Gasteiger partial charge in [-0.2, -0.15) is 0 Å². The highest BCUT2D eigenvalue weighted by Crippen LogP contribution is 2.52. The van der Waals surface area contributed by atoms with Gasteiger partial charge in [-0.3, -0.25) is 4.79 Å². The Morgan fingerprint density at radius 3 is 2.52 bits per heavy atom. The van der Waals surface area contributed by atoms with Crippen LogP contribution in [0, 0.1) is 5.92 Å². The van der Waals surface area contributed by atoms with Gasteiger partial charge in [0.2, 0.25) is 11.4 Å². The van der Waals surface area contributed by atoms with E-state index in [9.17, 15) is 14.7 Å². The Labute approximate surface area is 141 Å². The Bertz CT molecular complexity index is 487. The summed E-state index contributed by atoms with van der Waals surface area (Å²) in [6.45, 7) is 7.45. The van der Waals surface area contributed by atoms with Crippen LogP contribution in [0.1, 0.15) is 47.0 Å². The number of hydrogen-bond acceptors (Lipinski definition) is 5. The molecule has 2 aliphatic rings. The van der Waals surface area contributed by atoms with Crippen LogP contribution < -0.4 is 5.32 Å². The third kappa shape index (κ3) is 2.55. The largest absolute Gasteiger partial charge is 0.453 e. The number of hydrogen-bond donors (Lipinski definition) is 2. The van der Waals surface area contributed by atoms with E-state index >= 15 is 0 Å². The lowest BCUT2D eigenvalue weighted by Crippen LogP contribution is -2.80. The minimum atomic E-state index is -1.45. The monoisotopic (exact) mass is 347 g/mol. The first-order chi connectivity index (χ1) is 10.8. The van der Waals surface area contributed by atoms with Crippen molar-refractivity contribution in [1.82, 2.24) is 5.32 Å². The summed E-state index contributed by atoms with van der Waals surface area (Å²) in [5, 5.41) is 13.6. The van der Waals surface area contributed by atoms with Gasteiger partial charge < -0.3 is 19.9 Å². The molecule has 2 rings (SSSR count). The molecule has 6 atom stereocenters. The summed E-state index contributed by atoms with van der Waals surface area (Å²) in [5.74, 6) is -1.20. The molecule has 6 nitrogen and oxygen atoms in total. The maximum Gasteiger partial charge on any atom is 0.339 e. The van der Waals surface area contributed by atoms with Gasteiger partial charge in [0.1, 0.15) is 6.10 Å². The van der Waals surface area contributed by atoms with E-state index in [1.54, 1.807) is 6.92 Å². The third-order valence-corrected chi connectivity index (χ3v) is 5.51. The molecule has 23 heavy (non-hydrogen) atoms. The molecule has 7 heteroatoms. The lowest BCUT2D eigenvalue weighted by molar-refractivity contribution is -0.246. The quantitative estimate of drug-likeness (QED) is 0.511.